The number of ketones is 2. The molecular weight excluding hydrogens is 778 g/mol. The molecule has 1 aliphatic heterocycles. The number of nitrogens with one attached hydrogen (secondary N) is 1. The number of hydrogen-bond acceptors (Lipinski definition) is 7. The molecule has 0 radical (unpaired) electrons. The molecule has 1 saturated heterocycles. The number of carbonyl (C=O) groups excluding carboxylic acids is 3. The number of nitrogens with two attached hydrogens (primary N) is 1. The Balaban J connectivity index is -0.000000117. The van der Waals surface area contributed by atoms with E-state index in [-0.39, 0.29) is 194 Å². The summed E-state index contributed by atoms with van der Waals surface area (Å²) in [5.41, 5.74) is 8.32. The van der Waals surface area contributed by atoms with E-state index in [1.165, 1.54) is 5.56 Å². The van der Waals surface area contributed by atoms with Crippen LogP contribution in [0.25, 0.3) is 0 Å². The van der Waals surface area contributed by atoms with Crippen LogP contribution < -0.4 is 173 Å². The summed E-state index contributed by atoms with van der Waals surface area (Å²) in [6.07, 6.45) is 4.52. The van der Waals surface area contributed by atoms with E-state index in [1.807, 2.05) is 48.5 Å². The average molecular weight is 810 g/mol. The first-order valence-electron chi connectivity index (χ1n) is 11.1. The number of benzene rings is 2. The summed E-state index contributed by atoms with van der Waals surface area (Å²) in [5.74, 6) is 0.448. The van der Waals surface area contributed by atoms with E-state index in [4.69, 9.17) is 50.6 Å². The molecule has 0 saturated carbocycles. The molecule has 3 N–H and O–H groups in total. The second-order valence-corrected chi connectivity index (χ2v) is 9.12. The first-order chi connectivity index (χ1) is 16.8. The minimum Gasteiger partial charge on any atom is -1.00 e. The SMILES string of the molecule is Cl.N[C@H](CCC(=O)CCl)Cc1ccc(Cl)cc1.O=C1CCC(Cc2ccc(Cl)cc2)NC1.O=CO[O-].[H-].[I-].[K+].[K+].[Na+]. The molecule has 1 fully saturated rings. The number of carbonyl (C=O) groups is 3. The van der Waals surface area contributed by atoms with Crippen LogP contribution in [-0.4, -0.2) is 42.5 Å². The molecule has 0 aliphatic carbocycles. The molecule has 2 atom stereocenters. The van der Waals surface area contributed by atoms with E-state index in [0.717, 1.165) is 34.9 Å². The molecule has 0 aromatic heterocycles. The molecule has 0 amide bonds. The molecule has 15 heteroatoms. The maximum atomic E-state index is 11.0. The maximum Gasteiger partial charge on any atom is 1.00 e. The van der Waals surface area contributed by atoms with Crippen molar-refractivity contribution < 1.29 is 182 Å². The van der Waals surface area contributed by atoms with Gasteiger partial charge in [0.15, 0.2) is 0 Å². The minimum atomic E-state index is -0.181. The van der Waals surface area contributed by atoms with Crippen molar-refractivity contribution in [2.45, 2.75) is 50.6 Å². The van der Waals surface area contributed by atoms with Crippen molar-refractivity contribution in [1.29, 1.82) is 0 Å². The summed E-state index contributed by atoms with van der Waals surface area (Å²) in [6, 6.07) is 15.9. The minimum absolute atomic E-state index is 0. The van der Waals surface area contributed by atoms with E-state index >= 15 is 0 Å². The van der Waals surface area contributed by atoms with Crippen LogP contribution in [0.2, 0.25) is 10.0 Å². The third-order valence-corrected chi connectivity index (χ3v) is 5.95. The normalized spacial score (nSPS) is 13.6. The Morgan fingerprint density at radius 2 is 1.57 bits per heavy atom. The zero-order chi connectivity index (χ0) is 26.1. The third-order valence-electron chi connectivity index (χ3n) is 5.15. The van der Waals surface area contributed by atoms with Gasteiger partial charge in [0.05, 0.1) is 12.4 Å². The first-order valence-corrected chi connectivity index (χ1v) is 12.4. The predicted octanol–water partition coefficient (Wildman–Crippen LogP) is -8.01. The molecule has 40 heavy (non-hydrogen) atoms. The van der Waals surface area contributed by atoms with Crippen LogP contribution in [-0.2, 0) is 32.1 Å². The largest absolute Gasteiger partial charge is 1.00 e. The molecule has 7 nitrogen and oxygen atoms in total. The van der Waals surface area contributed by atoms with E-state index < -0.39 is 0 Å². The van der Waals surface area contributed by atoms with Crippen LogP contribution in [0.5, 0.6) is 0 Å². The Kier molecular flexibility index (Phi) is 44.4. The van der Waals surface area contributed by atoms with Crippen LogP contribution in [0.3, 0.4) is 0 Å². The topological polar surface area (TPSA) is 122 Å². The van der Waals surface area contributed by atoms with Crippen molar-refractivity contribution in [3.63, 3.8) is 0 Å². The second-order valence-electron chi connectivity index (χ2n) is 7.98. The molecule has 1 unspecified atom stereocenters. The Hall–Kier alpha value is 3.29. The van der Waals surface area contributed by atoms with Gasteiger partial charge in [0.25, 0.3) is 6.47 Å². The van der Waals surface area contributed by atoms with Gasteiger partial charge in [0, 0.05) is 35.0 Å². The van der Waals surface area contributed by atoms with Crippen molar-refractivity contribution in [2.75, 3.05) is 12.4 Å². The van der Waals surface area contributed by atoms with Gasteiger partial charge in [-0.25, -0.2) is 0 Å². The van der Waals surface area contributed by atoms with Gasteiger partial charge in [-0.3, -0.25) is 14.4 Å². The number of piperidine rings is 1. The molecular formula is C25H32Cl4IK2N2NaO5. The van der Waals surface area contributed by atoms with Crippen LogP contribution in [0.4, 0.5) is 0 Å². The van der Waals surface area contributed by atoms with Crippen LogP contribution in [0.15, 0.2) is 48.5 Å². The Bertz CT molecular complexity index is 920. The van der Waals surface area contributed by atoms with Crippen LogP contribution >= 0.6 is 47.2 Å². The van der Waals surface area contributed by atoms with Gasteiger partial charge < -0.3 is 46.6 Å². The van der Waals surface area contributed by atoms with E-state index in [2.05, 4.69) is 10.2 Å². The smallest absolute Gasteiger partial charge is 1.00 e. The van der Waals surface area contributed by atoms with E-state index in [0.29, 0.717) is 37.6 Å². The number of hydrogen-bond donors (Lipinski definition) is 2. The summed E-state index contributed by atoms with van der Waals surface area (Å²) in [4.78, 5) is 33.3. The van der Waals surface area contributed by atoms with Crippen LogP contribution in [0.1, 0.15) is 38.2 Å². The van der Waals surface area contributed by atoms with Crippen molar-refractivity contribution in [1.82, 2.24) is 5.32 Å². The van der Waals surface area contributed by atoms with Crippen LogP contribution in [0, 0.1) is 0 Å². The molecule has 210 valence electrons. The fourth-order valence-electron chi connectivity index (χ4n) is 3.30. The van der Waals surface area contributed by atoms with Gasteiger partial charge in [0.2, 0.25) is 0 Å². The van der Waals surface area contributed by atoms with Crippen molar-refractivity contribution in [3.05, 3.63) is 69.7 Å². The summed E-state index contributed by atoms with van der Waals surface area (Å²) < 4.78 is 0. The number of rotatable bonds is 9. The number of halogens is 5. The van der Waals surface area contributed by atoms with Crippen molar-refractivity contribution in [3.8, 4) is 0 Å². The average Bonchev–Trinajstić information content (AvgIpc) is 2.87. The Morgan fingerprint density at radius 3 is 1.98 bits per heavy atom. The molecule has 2 aromatic carbocycles. The molecule has 0 spiro atoms. The number of alkyl halides is 1. The molecule has 1 aliphatic rings. The summed E-state index contributed by atoms with van der Waals surface area (Å²) in [6.45, 7) is 0.345. The zero-order valence-corrected chi connectivity index (χ0v) is 36.5. The Labute approximate surface area is 383 Å². The second kappa shape index (κ2) is 33.7. The Morgan fingerprint density at radius 1 is 1.10 bits per heavy atom. The van der Waals surface area contributed by atoms with Gasteiger partial charge in [-0.1, -0.05) is 47.5 Å². The molecule has 1 heterocycles. The molecule has 0 bridgehead atoms. The predicted molar refractivity (Wildman–Crippen MR) is 145 cm³/mol. The summed E-state index contributed by atoms with van der Waals surface area (Å²) in [7, 11) is 0. The quantitative estimate of drug-likeness (QED) is 0.0646. The number of Topliss-reactive ketones (excluding diaryl/α,β-unsaturated/α-hetero) is 2. The van der Waals surface area contributed by atoms with Gasteiger partial charge >= 0.3 is 132 Å². The fourth-order valence-corrected chi connectivity index (χ4v) is 3.69. The van der Waals surface area contributed by atoms with E-state index in [9.17, 15) is 9.59 Å². The zero-order valence-electron chi connectivity index (χ0n) is 24.0. The summed E-state index contributed by atoms with van der Waals surface area (Å²) >= 11 is 17.0. The molecule has 2 aromatic rings. The summed E-state index contributed by atoms with van der Waals surface area (Å²) in [5, 5.41) is 13.2. The van der Waals surface area contributed by atoms with Crippen molar-refractivity contribution >= 4 is 65.2 Å². The fraction of sp³-hybridized carbons (Fsp3) is 0.400. The van der Waals surface area contributed by atoms with Gasteiger partial charge in [-0.15, -0.1) is 24.0 Å². The maximum absolute atomic E-state index is 11.0. The van der Waals surface area contributed by atoms with E-state index in [1.54, 1.807) is 0 Å². The van der Waals surface area contributed by atoms with Gasteiger partial charge in [0.1, 0.15) is 11.6 Å². The van der Waals surface area contributed by atoms with Gasteiger partial charge in [-0.2, -0.15) is 0 Å². The standard InChI is InChI=1S/C12H15Cl2NO.C12H14ClNO.CH2O3.ClH.HI.2K.Na.H/c13-8-12(16)6-5-11(15)7-9-1-3-10(14)4-2-9;13-10-3-1-9(2-4-10)7-11-5-6-12(15)8-14-11;2-1-4-3;;;;;;/h1-4,11H,5-8,15H2;1-4,11,14H,5-8H2;1,3H;2*1H;;;;/q;;;;;3*+1;-1/p-2/t11-;;;;;;;;/m1......../s1. The monoisotopic (exact) mass is 808 g/mol. The van der Waals surface area contributed by atoms with Crippen molar-refractivity contribution in [2.24, 2.45) is 5.73 Å². The first kappa shape index (κ1) is 52.8. The molecule has 3 rings (SSSR count). The van der Waals surface area contributed by atoms with Gasteiger partial charge in [-0.05, 0) is 61.1 Å². The third kappa shape index (κ3) is 27.6.